The fourth-order valence-corrected chi connectivity index (χ4v) is 2.38. The molecule has 0 radical (unpaired) electrons. The van der Waals surface area contributed by atoms with Crippen LogP contribution in [0.5, 0.6) is 0 Å². The van der Waals surface area contributed by atoms with Gasteiger partial charge in [-0.1, -0.05) is 12.5 Å². The number of rotatable bonds is 9. The topological polar surface area (TPSA) is 41.1 Å². The average molecular weight is 254 g/mol. The third kappa shape index (κ3) is 7.13. The second kappa shape index (κ2) is 9.19. The van der Waals surface area contributed by atoms with Crippen LogP contribution in [0.1, 0.15) is 30.6 Å². The molecule has 2 N–H and O–H groups in total. The molecule has 1 rings (SSSR count). The van der Waals surface area contributed by atoms with Crippen LogP contribution in [-0.2, 0) is 11.2 Å². The predicted molar refractivity (Wildman–Crippen MR) is 73.4 cm³/mol. The molecule has 0 bridgehead atoms. The SMILES string of the molecule is CNCCNC(=O)CCCCCc1cccs1. The summed E-state index contributed by atoms with van der Waals surface area (Å²) in [5.41, 5.74) is 0. The summed E-state index contributed by atoms with van der Waals surface area (Å²) in [6.45, 7) is 1.56. The molecule has 0 atom stereocenters. The molecule has 1 amide bonds. The monoisotopic (exact) mass is 254 g/mol. The summed E-state index contributed by atoms with van der Waals surface area (Å²) in [4.78, 5) is 12.8. The van der Waals surface area contributed by atoms with E-state index in [2.05, 4.69) is 28.1 Å². The minimum atomic E-state index is 0.177. The van der Waals surface area contributed by atoms with Gasteiger partial charge in [0.25, 0.3) is 0 Å². The van der Waals surface area contributed by atoms with Crippen molar-refractivity contribution in [2.45, 2.75) is 32.1 Å². The number of thiophene rings is 1. The fourth-order valence-electron chi connectivity index (χ4n) is 1.63. The van der Waals surface area contributed by atoms with Gasteiger partial charge < -0.3 is 10.6 Å². The minimum absolute atomic E-state index is 0.177. The van der Waals surface area contributed by atoms with Crippen molar-refractivity contribution in [2.24, 2.45) is 0 Å². The number of amides is 1. The lowest BCUT2D eigenvalue weighted by Crippen LogP contribution is -2.30. The number of nitrogens with one attached hydrogen (secondary N) is 2. The number of hydrogen-bond donors (Lipinski definition) is 2. The molecule has 0 spiro atoms. The van der Waals surface area contributed by atoms with Gasteiger partial charge in [0.05, 0.1) is 0 Å². The maximum Gasteiger partial charge on any atom is 0.220 e. The third-order valence-corrected chi connectivity index (χ3v) is 3.54. The molecule has 0 saturated carbocycles. The zero-order chi connectivity index (χ0) is 12.3. The summed E-state index contributed by atoms with van der Waals surface area (Å²) in [6, 6.07) is 4.27. The number of carbonyl (C=O) groups is 1. The van der Waals surface area contributed by atoms with E-state index in [1.54, 1.807) is 0 Å². The fraction of sp³-hybridized carbons (Fsp3) is 0.615. The van der Waals surface area contributed by atoms with Crippen LogP contribution in [0.3, 0.4) is 0 Å². The first-order valence-corrected chi connectivity index (χ1v) is 7.14. The summed E-state index contributed by atoms with van der Waals surface area (Å²) in [5, 5.41) is 8.01. The second-order valence-electron chi connectivity index (χ2n) is 4.09. The first-order valence-electron chi connectivity index (χ1n) is 6.26. The largest absolute Gasteiger partial charge is 0.355 e. The molecule has 1 aromatic heterocycles. The van der Waals surface area contributed by atoms with Crippen molar-refractivity contribution in [2.75, 3.05) is 20.1 Å². The molecule has 0 aromatic carbocycles. The summed E-state index contributed by atoms with van der Waals surface area (Å²) in [6.07, 6.45) is 5.13. The van der Waals surface area contributed by atoms with Gasteiger partial charge in [0, 0.05) is 24.4 Å². The Morgan fingerprint density at radius 1 is 1.29 bits per heavy atom. The van der Waals surface area contributed by atoms with Crippen molar-refractivity contribution in [3.8, 4) is 0 Å². The summed E-state index contributed by atoms with van der Waals surface area (Å²) >= 11 is 1.81. The van der Waals surface area contributed by atoms with Gasteiger partial charge >= 0.3 is 0 Å². The van der Waals surface area contributed by atoms with Gasteiger partial charge in [-0.25, -0.2) is 0 Å². The average Bonchev–Trinajstić information content (AvgIpc) is 2.82. The van der Waals surface area contributed by atoms with Crippen molar-refractivity contribution >= 4 is 17.2 Å². The molecule has 1 heterocycles. The van der Waals surface area contributed by atoms with E-state index in [4.69, 9.17) is 0 Å². The van der Waals surface area contributed by atoms with Crippen LogP contribution in [0.25, 0.3) is 0 Å². The van der Waals surface area contributed by atoms with E-state index < -0.39 is 0 Å². The first kappa shape index (κ1) is 14.2. The Morgan fingerprint density at radius 3 is 2.88 bits per heavy atom. The smallest absolute Gasteiger partial charge is 0.220 e. The highest BCUT2D eigenvalue weighted by Gasteiger charge is 2.00. The molecular weight excluding hydrogens is 232 g/mol. The van der Waals surface area contributed by atoms with Gasteiger partial charge in [0.1, 0.15) is 0 Å². The molecule has 96 valence electrons. The van der Waals surface area contributed by atoms with E-state index >= 15 is 0 Å². The Bertz CT molecular complexity index is 298. The van der Waals surface area contributed by atoms with Crippen LogP contribution in [-0.4, -0.2) is 26.0 Å². The third-order valence-electron chi connectivity index (χ3n) is 2.60. The lowest BCUT2D eigenvalue weighted by Gasteiger charge is -2.04. The normalized spacial score (nSPS) is 10.4. The molecule has 1 aromatic rings. The van der Waals surface area contributed by atoms with Crippen LogP contribution in [0.2, 0.25) is 0 Å². The number of hydrogen-bond acceptors (Lipinski definition) is 3. The summed E-state index contributed by atoms with van der Waals surface area (Å²) in [7, 11) is 1.89. The van der Waals surface area contributed by atoms with E-state index in [0.717, 1.165) is 32.4 Å². The van der Waals surface area contributed by atoms with Crippen LogP contribution in [0.4, 0.5) is 0 Å². The number of unbranched alkanes of at least 4 members (excludes halogenated alkanes) is 2. The van der Waals surface area contributed by atoms with E-state index in [9.17, 15) is 4.79 Å². The van der Waals surface area contributed by atoms with E-state index in [0.29, 0.717) is 6.42 Å². The molecule has 0 saturated heterocycles. The van der Waals surface area contributed by atoms with Gasteiger partial charge in [0.2, 0.25) is 5.91 Å². The van der Waals surface area contributed by atoms with E-state index in [-0.39, 0.29) is 5.91 Å². The summed E-state index contributed by atoms with van der Waals surface area (Å²) < 4.78 is 0. The van der Waals surface area contributed by atoms with Crippen molar-refractivity contribution < 1.29 is 4.79 Å². The van der Waals surface area contributed by atoms with Gasteiger partial charge in [-0.2, -0.15) is 0 Å². The highest BCUT2D eigenvalue weighted by molar-refractivity contribution is 7.09. The van der Waals surface area contributed by atoms with Crippen molar-refractivity contribution in [1.82, 2.24) is 10.6 Å². The van der Waals surface area contributed by atoms with Gasteiger partial charge in [-0.15, -0.1) is 11.3 Å². The Kier molecular flexibility index (Phi) is 7.67. The maximum absolute atomic E-state index is 11.4. The Balaban J connectivity index is 1.91. The molecular formula is C13H22N2OS. The molecule has 4 heteroatoms. The molecule has 0 aliphatic carbocycles. The highest BCUT2D eigenvalue weighted by Crippen LogP contribution is 2.13. The van der Waals surface area contributed by atoms with E-state index in [1.807, 2.05) is 18.4 Å². The number of carbonyl (C=O) groups excluding carboxylic acids is 1. The zero-order valence-corrected chi connectivity index (χ0v) is 11.3. The molecule has 0 unspecified atom stereocenters. The molecule has 3 nitrogen and oxygen atoms in total. The molecule has 0 aliphatic heterocycles. The molecule has 0 fully saturated rings. The minimum Gasteiger partial charge on any atom is -0.355 e. The van der Waals surface area contributed by atoms with Crippen molar-refractivity contribution in [3.05, 3.63) is 22.4 Å². The van der Waals surface area contributed by atoms with Gasteiger partial charge in [-0.05, 0) is 37.8 Å². The summed E-state index contributed by atoms with van der Waals surface area (Å²) in [5.74, 6) is 0.177. The first-order chi connectivity index (χ1) is 8.33. The lowest BCUT2D eigenvalue weighted by molar-refractivity contribution is -0.121. The van der Waals surface area contributed by atoms with Crippen LogP contribution < -0.4 is 10.6 Å². The Hall–Kier alpha value is -0.870. The van der Waals surface area contributed by atoms with Gasteiger partial charge in [0.15, 0.2) is 0 Å². The van der Waals surface area contributed by atoms with Crippen LogP contribution in [0, 0.1) is 0 Å². The zero-order valence-electron chi connectivity index (χ0n) is 10.5. The standard InChI is InChI=1S/C13H22N2OS/c1-14-9-10-15-13(16)8-4-2-3-6-12-7-5-11-17-12/h5,7,11,14H,2-4,6,8-10H2,1H3,(H,15,16). The van der Waals surface area contributed by atoms with E-state index in [1.165, 1.54) is 11.3 Å². The number of likely N-dealkylation sites (N-methyl/N-ethyl adjacent to an activating group) is 1. The van der Waals surface area contributed by atoms with Crippen molar-refractivity contribution in [3.63, 3.8) is 0 Å². The molecule has 0 aliphatic rings. The second-order valence-corrected chi connectivity index (χ2v) is 5.13. The quantitative estimate of drug-likeness (QED) is 0.663. The van der Waals surface area contributed by atoms with Crippen molar-refractivity contribution in [1.29, 1.82) is 0 Å². The van der Waals surface area contributed by atoms with Crippen LogP contribution in [0.15, 0.2) is 17.5 Å². The Labute approximate surface area is 108 Å². The van der Waals surface area contributed by atoms with Gasteiger partial charge in [-0.3, -0.25) is 4.79 Å². The lowest BCUT2D eigenvalue weighted by atomic mass is 10.1. The van der Waals surface area contributed by atoms with Crippen LogP contribution >= 0.6 is 11.3 Å². The Morgan fingerprint density at radius 2 is 2.18 bits per heavy atom. The molecule has 17 heavy (non-hydrogen) atoms. The highest BCUT2D eigenvalue weighted by atomic mass is 32.1. The maximum atomic E-state index is 11.4. The number of aryl methyl sites for hydroxylation is 1. The predicted octanol–water partition coefficient (Wildman–Crippen LogP) is 2.19.